The van der Waals surface area contributed by atoms with E-state index in [0.29, 0.717) is 18.5 Å². The van der Waals surface area contributed by atoms with Crippen LogP contribution in [0.3, 0.4) is 0 Å². The number of aromatic nitrogens is 1. The van der Waals surface area contributed by atoms with E-state index in [4.69, 9.17) is 9.15 Å². The van der Waals surface area contributed by atoms with Crippen molar-refractivity contribution in [2.24, 2.45) is 0 Å². The molecular formula is C14H17BrN2O2. The van der Waals surface area contributed by atoms with Gasteiger partial charge in [0.1, 0.15) is 5.75 Å². The zero-order valence-electron chi connectivity index (χ0n) is 11.2. The maximum atomic E-state index is 5.71. The van der Waals surface area contributed by atoms with Crippen LogP contribution in [0.1, 0.15) is 19.7 Å². The Kier molecular flexibility index (Phi) is 4.61. The van der Waals surface area contributed by atoms with Crippen LogP contribution in [0.25, 0.3) is 11.3 Å². The Hall–Kier alpha value is -1.33. The number of hydrogen-bond donors (Lipinski definition) is 1. The number of ether oxygens (including phenoxy) is 1. The van der Waals surface area contributed by atoms with Gasteiger partial charge in [-0.2, -0.15) is 0 Å². The third kappa shape index (κ3) is 3.58. The molecule has 2 aromatic rings. The summed E-state index contributed by atoms with van der Waals surface area (Å²) in [6, 6.07) is 6.21. The highest BCUT2D eigenvalue weighted by Gasteiger charge is 2.09. The summed E-state index contributed by atoms with van der Waals surface area (Å²) in [5.74, 6) is 2.24. The van der Waals surface area contributed by atoms with E-state index in [9.17, 15) is 0 Å². The third-order valence-corrected chi connectivity index (χ3v) is 3.27. The van der Waals surface area contributed by atoms with Gasteiger partial charge in [0.2, 0.25) is 5.89 Å². The molecule has 2 rings (SSSR count). The Morgan fingerprint density at radius 1 is 1.42 bits per heavy atom. The fraction of sp³-hybridized carbons (Fsp3) is 0.357. The van der Waals surface area contributed by atoms with Gasteiger partial charge in [-0.3, -0.25) is 0 Å². The van der Waals surface area contributed by atoms with E-state index in [1.807, 2.05) is 18.2 Å². The summed E-state index contributed by atoms with van der Waals surface area (Å²) in [5.41, 5.74) is 0.968. The zero-order chi connectivity index (χ0) is 13.8. The lowest BCUT2D eigenvalue weighted by Gasteiger charge is -2.05. The molecule has 19 heavy (non-hydrogen) atoms. The first-order chi connectivity index (χ1) is 9.10. The highest BCUT2D eigenvalue weighted by atomic mass is 79.9. The van der Waals surface area contributed by atoms with Crippen LogP contribution in [0.4, 0.5) is 0 Å². The number of rotatable bonds is 5. The quantitative estimate of drug-likeness (QED) is 0.912. The average Bonchev–Trinajstić information content (AvgIpc) is 2.85. The highest BCUT2D eigenvalue weighted by molar-refractivity contribution is 9.10. The molecule has 1 aromatic carbocycles. The number of halogens is 1. The molecule has 1 aromatic heterocycles. The number of hydrogen-bond acceptors (Lipinski definition) is 4. The Morgan fingerprint density at radius 2 is 2.21 bits per heavy atom. The van der Waals surface area contributed by atoms with Crippen LogP contribution in [-0.4, -0.2) is 18.1 Å². The van der Waals surface area contributed by atoms with Crippen molar-refractivity contribution < 1.29 is 9.15 Å². The van der Waals surface area contributed by atoms with Crippen molar-refractivity contribution in [1.82, 2.24) is 10.3 Å². The van der Waals surface area contributed by atoms with Crippen LogP contribution < -0.4 is 10.1 Å². The molecule has 0 bridgehead atoms. The number of benzene rings is 1. The summed E-state index contributed by atoms with van der Waals surface area (Å²) in [7, 11) is 1.64. The Balaban J connectivity index is 2.16. The predicted octanol–water partition coefficient (Wildman–Crippen LogP) is 3.61. The van der Waals surface area contributed by atoms with E-state index in [-0.39, 0.29) is 0 Å². The minimum absolute atomic E-state index is 0.408. The second kappa shape index (κ2) is 6.21. The highest BCUT2D eigenvalue weighted by Crippen LogP contribution is 2.30. The molecule has 0 aliphatic rings. The van der Waals surface area contributed by atoms with E-state index in [2.05, 4.69) is 40.1 Å². The van der Waals surface area contributed by atoms with Crippen LogP contribution >= 0.6 is 15.9 Å². The van der Waals surface area contributed by atoms with Gasteiger partial charge in [0.15, 0.2) is 5.76 Å². The average molecular weight is 325 g/mol. The van der Waals surface area contributed by atoms with Crippen molar-refractivity contribution in [2.75, 3.05) is 7.11 Å². The first kappa shape index (κ1) is 14.1. The topological polar surface area (TPSA) is 47.3 Å². The molecule has 5 heteroatoms. The Labute approximate surface area is 121 Å². The van der Waals surface area contributed by atoms with Crippen LogP contribution in [0.2, 0.25) is 0 Å². The van der Waals surface area contributed by atoms with Gasteiger partial charge >= 0.3 is 0 Å². The molecule has 0 spiro atoms. The SMILES string of the molecule is COc1ccc(-c2cnc(CNC(C)C)o2)cc1Br. The fourth-order valence-electron chi connectivity index (χ4n) is 1.64. The molecular weight excluding hydrogens is 308 g/mol. The number of nitrogens with one attached hydrogen (secondary N) is 1. The van der Waals surface area contributed by atoms with Crippen LogP contribution in [-0.2, 0) is 6.54 Å². The fourth-order valence-corrected chi connectivity index (χ4v) is 2.18. The summed E-state index contributed by atoms with van der Waals surface area (Å²) in [4.78, 5) is 4.26. The van der Waals surface area contributed by atoms with Gasteiger partial charge in [0, 0.05) is 11.6 Å². The number of nitrogens with zero attached hydrogens (tertiary/aromatic N) is 1. The Morgan fingerprint density at radius 3 is 2.84 bits per heavy atom. The molecule has 0 aliphatic carbocycles. The third-order valence-electron chi connectivity index (χ3n) is 2.65. The van der Waals surface area contributed by atoms with Gasteiger partial charge in [0.05, 0.1) is 24.3 Å². The van der Waals surface area contributed by atoms with Gasteiger partial charge in [-0.1, -0.05) is 13.8 Å². The first-order valence-corrected chi connectivity index (χ1v) is 6.91. The van der Waals surface area contributed by atoms with Gasteiger partial charge in [-0.25, -0.2) is 4.98 Å². The van der Waals surface area contributed by atoms with Gasteiger partial charge in [-0.15, -0.1) is 0 Å². The predicted molar refractivity (Wildman–Crippen MR) is 78.2 cm³/mol. The summed E-state index contributed by atoms with van der Waals surface area (Å²) in [6.07, 6.45) is 1.74. The molecule has 0 saturated heterocycles. The minimum Gasteiger partial charge on any atom is -0.496 e. The second-order valence-electron chi connectivity index (χ2n) is 4.50. The monoisotopic (exact) mass is 324 g/mol. The van der Waals surface area contributed by atoms with E-state index in [1.54, 1.807) is 13.3 Å². The van der Waals surface area contributed by atoms with Gasteiger partial charge in [-0.05, 0) is 34.1 Å². The Bertz CT molecular complexity index is 552. The smallest absolute Gasteiger partial charge is 0.208 e. The van der Waals surface area contributed by atoms with Crippen molar-refractivity contribution in [3.63, 3.8) is 0 Å². The van der Waals surface area contributed by atoms with Crippen molar-refractivity contribution in [3.8, 4) is 17.1 Å². The maximum Gasteiger partial charge on any atom is 0.208 e. The van der Waals surface area contributed by atoms with Crippen LogP contribution in [0.15, 0.2) is 33.3 Å². The first-order valence-electron chi connectivity index (χ1n) is 6.12. The lowest BCUT2D eigenvalue weighted by atomic mass is 10.2. The molecule has 1 N–H and O–H groups in total. The molecule has 1 heterocycles. The maximum absolute atomic E-state index is 5.71. The molecule has 0 fully saturated rings. The summed E-state index contributed by atoms with van der Waals surface area (Å²) in [5, 5.41) is 3.27. The molecule has 0 atom stereocenters. The molecule has 0 saturated carbocycles. The van der Waals surface area contributed by atoms with Crippen molar-refractivity contribution in [3.05, 3.63) is 34.8 Å². The molecule has 0 aliphatic heterocycles. The lowest BCUT2D eigenvalue weighted by Crippen LogP contribution is -2.21. The van der Waals surface area contributed by atoms with Gasteiger partial charge in [0.25, 0.3) is 0 Å². The van der Waals surface area contributed by atoms with Crippen molar-refractivity contribution in [2.45, 2.75) is 26.4 Å². The van der Waals surface area contributed by atoms with Crippen molar-refractivity contribution >= 4 is 15.9 Å². The summed E-state index contributed by atoms with van der Waals surface area (Å²) >= 11 is 3.46. The number of oxazole rings is 1. The molecule has 0 unspecified atom stereocenters. The standard InChI is InChI=1S/C14H17BrN2O2/c1-9(2)16-8-14-17-7-13(19-14)10-4-5-12(18-3)11(15)6-10/h4-7,9,16H,8H2,1-3H3. The molecule has 102 valence electrons. The lowest BCUT2D eigenvalue weighted by molar-refractivity contribution is 0.412. The molecule has 0 amide bonds. The van der Waals surface area contributed by atoms with E-state index < -0.39 is 0 Å². The zero-order valence-corrected chi connectivity index (χ0v) is 12.8. The van der Waals surface area contributed by atoms with Crippen LogP contribution in [0, 0.1) is 0 Å². The summed E-state index contributed by atoms with van der Waals surface area (Å²) in [6.45, 7) is 4.81. The normalized spacial score (nSPS) is 11.0. The van der Waals surface area contributed by atoms with Gasteiger partial charge < -0.3 is 14.5 Å². The molecule has 4 nitrogen and oxygen atoms in total. The van der Waals surface area contributed by atoms with E-state index >= 15 is 0 Å². The molecule has 0 radical (unpaired) electrons. The van der Waals surface area contributed by atoms with Crippen molar-refractivity contribution in [1.29, 1.82) is 0 Å². The number of methoxy groups -OCH3 is 1. The van der Waals surface area contributed by atoms with E-state index in [0.717, 1.165) is 21.5 Å². The second-order valence-corrected chi connectivity index (χ2v) is 5.36. The largest absolute Gasteiger partial charge is 0.496 e. The van der Waals surface area contributed by atoms with Crippen LogP contribution in [0.5, 0.6) is 5.75 Å². The minimum atomic E-state index is 0.408. The summed E-state index contributed by atoms with van der Waals surface area (Å²) < 4.78 is 11.8. The van der Waals surface area contributed by atoms with E-state index in [1.165, 1.54) is 0 Å².